The zero-order valence-electron chi connectivity index (χ0n) is 12.5. The summed E-state index contributed by atoms with van der Waals surface area (Å²) in [5, 5.41) is 3.13. The average Bonchev–Trinajstić information content (AvgIpc) is 2.53. The van der Waals surface area contributed by atoms with Crippen LogP contribution in [-0.2, 0) is 0 Å². The van der Waals surface area contributed by atoms with E-state index in [1.165, 1.54) is 5.56 Å². The Morgan fingerprint density at radius 2 is 1.95 bits per heavy atom. The van der Waals surface area contributed by atoms with E-state index in [-0.39, 0.29) is 18.1 Å². The van der Waals surface area contributed by atoms with Gasteiger partial charge >= 0.3 is 0 Å². The van der Waals surface area contributed by atoms with Crippen molar-refractivity contribution in [1.29, 1.82) is 0 Å². The van der Waals surface area contributed by atoms with Crippen LogP contribution < -0.4 is 16.0 Å². The van der Waals surface area contributed by atoms with Crippen molar-refractivity contribution in [1.82, 2.24) is 5.32 Å². The molecular weight excluding hydrogens is 274 g/mol. The first kappa shape index (κ1) is 13.3. The molecule has 2 aliphatic rings. The normalized spacial score (nSPS) is 23.0. The molecule has 112 valence electrons. The topological polar surface area (TPSA) is 58.4 Å². The Hall–Kier alpha value is -2.33. The van der Waals surface area contributed by atoms with Gasteiger partial charge in [0.2, 0.25) is 0 Å². The monoisotopic (exact) mass is 293 g/mol. The average molecular weight is 293 g/mol. The number of para-hydroxylation sites is 1. The molecule has 2 atom stereocenters. The number of nitrogens with one attached hydrogen (secondary N) is 1. The van der Waals surface area contributed by atoms with Crippen molar-refractivity contribution in [2.75, 3.05) is 11.4 Å². The Kier molecular flexibility index (Phi) is 2.94. The lowest BCUT2D eigenvalue weighted by Crippen LogP contribution is -2.49. The van der Waals surface area contributed by atoms with E-state index in [4.69, 9.17) is 5.73 Å². The number of anilines is 1. The standard InChI is InChI=1S/C18H19N3O/c1-11-5-7-12(8-6-11)17-20-18(22)14-4-2-3-13-15(19)9-10-21(17)16(13)14/h2-8,15,17H,9-10,19H2,1H3,(H,20,22)/t15-,17+/m0/s1. The van der Waals surface area contributed by atoms with Crippen molar-refractivity contribution in [3.8, 4) is 0 Å². The molecule has 0 aromatic heterocycles. The quantitative estimate of drug-likeness (QED) is 0.850. The zero-order chi connectivity index (χ0) is 15.3. The maximum absolute atomic E-state index is 12.5. The Bertz CT molecular complexity index is 738. The van der Waals surface area contributed by atoms with Crippen molar-refractivity contribution < 1.29 is 4.79 Å². The lowest BCUT2D eigenvalue weighted by atomic mass is 9.90. The fourth-order valence-electron chi connectivity index (χ4n) is 3.46. The highest BCUT2D eigenvalue weighted by atomic mass is 16.2. The third-order valence-corrected chi connectivity index (χ3v) is 4.65. The molecular formula is C18H19N3O. The number of hydrogen-bond donors (Lipinski definition) is 2. The molecule has 2 aromatic rings. The van der Waals surface area contributed by atoms with E-state index < -0.39 is 0 Å². The van der Waals surface area contributed by atoms with E-state index in [1.54, 1.807) is 0 Å². The van der Waals surface area contributed by atoms with Gasteiger partial charge < -0.3 is 16.0 Å². The van der Waals surface area contributed by atoms with Crippen LogP contribution in [0.15, 0.2) is 42.5 Å². The van der Waals surface area contributed by atoms with Gasteiger partial charge in [0, 0.05) is 12.6 Å². The van der Waals surface area contributed by atoms with Crippen LogP contribution in [0.1, 0.15) is 45.7 Å². The van der Waals surface area contributed by atoms with Gasteiger partial charge in [0.15, 0.2) is 0 Å². The third-order valence-electron chi connectivity index (χ3n) is 4.65. The van der Waals surface area contributed by atoms with Gasteiger partial charge in [-0.1, -0.05) is 42.0 Å². The Morgan fingerprint density at radius 3 is 2.73 bits per heavy atom. The number of hydrogen-bond acceptors (Lipinski definition) is 3. The second-order valence-electron chi connectivity index (χ2n) is 6.12. The van der Waals surface area contributed by atoms with Crippen LogP contribution in [-0.4, -0.2) is 12.5 Å². The maximum atomic E-state index is 12.5. The van der Waals surface area contributed by atoms with Gasteiger partial charge in [-0.05, 0) is 30.5 Å². The Labute approximate surface area is 129 Å². The maximum Gasteiger partial charge on any atom is 0.255 e. The smallest absolute Gasteiger partial charge is 0.255 e. The van der Waals surface area contributed by atoms with Crippen LogP contribution in [0.2, 0.25) is 0 Å². The molecule has 0 bridgehead atoms. The van der Waals surface area contributed by atoms with E-state index >= 15 is 0 Å². The van der Waals surface area contributed by atoms with Crippen LogP contribution in [0.4, 0.5) is 5.69 Å². The second kappa shape index (κ2) is 4.85. The molecule has 0 radical (unpaired) electrons. The van der Waals surface area contributed by atoms with Gasteiger partial charge in [0.1, 0.15) is 6.17 Å². The number of nitrogens with zero attached hydrogens (tertiary/aromatic N) is 1. The number of carbonyl (C=O) groups is 1. The van der Waals surface area contributed by atoms with Crippen molar-refractivity contribution >= 4 is 11.6 Å². The van der Waals surface area contributed by atoms with E-state index in [1.807, 2.05) is 18.2 Å². The number of amides is 1. The number of benzene rings is 2. The number of carbonyl (C=O) groups excluding carboxylic acids is 1. The molecule has 4 nitrogen and oxygen atoms in total. The summed E-state index contributed by atoms with van der Waals surface area (Å²) in [6, 6.07) is 14.2. The second-order valence-corrected chi connectivity index (χ2v) is 6.12. The Morgan fingerprint density at radius 1 is 1.18 bits per heavy atom. The highest BCUT2D eigenvalue weighted by Crippen LogP contribution is 2.41. The zero-order valence-corrected chi connectivity index (χ0v) is 12.5. The first-order valence-electron chi connectivity index (χ1n) is 7.68. The van der Waals surface area contributed by atoms with Crippen molar-refractivity contribution in [2.45, 2.75) is 25.6 Å². The first-order chi connectivity index (χ1) is 10.6. The van der Waals surface area contributed by atoms with Crippen molar-refractivity contribution in [3.63, 3.8) is 0 Å². The lowest BCUT2D eigenvalue weighted by molar-refractivity contribution is 0.0925. The van der Waals surface area contributed by atoms with Crippen molar-refractivity contribution in [3.05, 3.63) is 64.7 Å². The van der Waals surface area contributed by atoms with E-state index in [2.05, 4.69) is 41.4 Å². The van der Waals surface area contributed by atoms with Gasteiger partial charge in [-0.3, -0.25) is 4.79 Å². The summed E-state index contributed by atoms with van der Waals surface area (Å²) in [4.78, 5) is 14.8. The number of rotatable bonds is 1. The van der Waals surface area contributed by atoms with Gasteiger partial charge in [-0.15, -0.1) is 0 Å². The van der Waals surface area contributed by atoms with Crippen LogP contribution in [0, 0.1) is 6.92 Å². The highest BCUT2D eigenvalue weighted by molar-refractivity contribution is 6.03. The molecule has 2 aromatic carbocycles. The SMILES string of the molecule is Cc1ccc([C@@H]2NC(=O)c3cccc4c3N2CC[C@@H]4N)cc1. The largest absolute Gasteiger partial charge is 0.346 e. The highest BCUT2D eigenvalue weighted by Gasteiger charge is 2.36. The molecule has 4 heteroatoms. The predicted molar refractivity (Wildman–Crippen MR) is 86.7 cm³/mol. The van der Waals surface area contributed by atoms with Gasteiger partial charge in [-0.25, -0.2) is 0 Å². The van der Waals surface area contributed by atoms with Crippen LogP contribution in [0.5, 0.6) is 0 Å². The molecule has 2 aliphatic heterocycles. The minimum Gasteiger partial charge on any atom is -0.346 e. The molecule has 0 saturated heterocycles. The van der Waals surface area contributed by atoms with Crippen LogP contribution >= 0.6 is 0 Å². The van der Waals surface area contributed by atoms with E-state index in [0.29, 0.717) is 0 Å². The molecule has 1 amide bonds. The molecule has 0 unspecified atom stereocenters. The fourth-order valence-corrected chi connectivity index (χ4v) is 3.46. The third kappa shape index (κ3) is 1.91. The molecule has 3 N–H and O–H groups in total. The fraction of sp³-hybridized carbons (Fsp3) is 0.278. The van der Waals surface area contributed by atoms with Gasteiger partial charge in [0.25, 0.3) is 5.91 Å². The Balaban J connectivity index is 1.85. The number of nitrogens with two attached hydrogens (primary N) is 1. The summed E-state index contributed by atoms with van der Waals surface area (Å²) in [6.07, 6.45) is 0.781. The lowest BCUT2D eigenvalue weighted by Gasteiger charge is -2.44. The first-order valence-corrected chi connectivity index (χ1v) is 7.68. The van der Waals surface area contributed by atoms with Crippen LogP contribution in [0.25, 0.3) is 0 Å². The summed E-state index contributed by atoms with van der Waals surface area (Å²) in [6.45, 7) is 2.92. The molecule has 0 aliphatic carbocycles. The minimum atomic E-state index is -0.116. The van der Waals surface area contributed by atoms with Gasteiger partial charge in [-0.2, -0.15) is 0 Å². The van der Waals surface area contributed by atoms with Gasteiger partial charge in [0.05, 0.1) is 11.3 Å². The molecule has 2 heterocycles. The molecule has 0 saturated carbocycles. The molecule has 22 heavy (non-hydrogen) atoms. The van der Waals surface area contributed by atoms with E-state index in [0.717, 1.165) is 35.3 Å². The molecule has 0 spiro atoms. The minimum absolute atomic E-state index is 0.00997. The molecule has 4 rings (SSSR count). The summed E-state index contributed by atoms with van der Waals surface area (Å²) >= 11 is 0. The predicted octanol–water partition coefficient (Wildman–Crippen LogP) is 2.65. The number of aryl methyl sites for hydroxylation is 1. The summed E-state index contributed by atoms with van der Waals surface area (Å²) in [7, 11) is 0. The summed E-state index contributed by atoms with van der Waals surface area (Å²) in [5.74, 6) is -0.0206. The van der Waals surface area contributed by atoms with E-state index in [9.17, 15) is 4.79 Å². The van der Waals surface area contributed by atoms with Crippen LogP contribution in [0.3, 0.4) is 0 Å². The molecule has 0 fully saturated rings. The van der Waals surface area contributed by atoms with Crippen molar-refractivity contribution in [2.24, 2.45) is 5.73 Å². The summed E-state index contributed by atoms with van der Waals surface area (Å²) < 4.78 is 0. The summed E-state index contributed by atoms with van der Waals surface area (Å²) in [5.41, 5.74) is 11.4.